The molecule has 1 atom stereocenters. The van der Waals surface area contributed by atoms with Crippen LogP contribution >= 0.6 is 15.9 Å². The summed E-state index contributed by atoms with van der Waals surface area (Å²) in [6.45, 7) is 2.37. The third-order valence-corrected chi connectivity index (χ3v) is 3.24. The van der Waals surface area contributed by atoms with Gasteiger partial charge < -0.3 is 5.32 Å². The summed E-state index contributed by atoms with van der Waals surface area (Å²) in [6, 6.07) is 4.10. The summed E-state index contributed by atoms with van der Waals surface area (Å²) in [5.41, 5.74) is 0.419. The molecule has 0 spiro atoms. The van der Waals surface area contributed by atoms with E-state index >= 15 is 0 Å². The topological polar surface area (TPSA) is 12.0 Å². The molecule has 0 aliphatic heterocycles. The van der Waals surface area contributed by atoms with Crippen LogP contribution in [0.1, 0.15) is 25.3 Å². The first-order valence-corrected chi connectivity index (χ1v) is 6.85. The Morgan fingerprint density at radius 2 is 2.00 bits per heavy atom. The monoisotopic (exact) mass is 341 g/mol. The van der Waals surface area contributed by atoms with Crippen molar-refractivity contribution in [1.82, 2.24) is 5.32 Å². The van der Waals surface area contributed by atoms with Gasteiger partial charge in [-0.1, -0.05) is 22.9 Å². The maximum Gasteiger partial charge on any atom is 0.389 e. The van der Waals surface area contributed by atoms with Crippen LogP contribution in [0.15, 0.2) is 22.7 Å². The number of rotatable bonds is 6. The van der Waals surface area contributed by atoms with Crippen LogP contribution in [0.2, 0.25) is 0 Å². The molecule has 6 heteroatoms. The molecular formula is C13H16BrF4N. The summed E-state index contributed by atoms with van der Waals surface area (Å²) in [5, 5.41) is 2.97. The third-order valence-electron chi connectivity index (χ3n) is 2.74. The van der Waals surface area contributed by atoms with Crippen LogP contribution in [-0.4, -0.2) is 18.8 Å². The average molecular weight is 342 g/mol. The molecule has 108 valence electrons. The van der Waals surface area contributed by atoms with E-state index in [2.05, 4.69) is 21.2 Å². The second-order valence-corrected chi connectivity index (χ2v) is 5.26. The van der Waals surface area contributed by atoms with Crippen molar-refractivity contribution >= 4 is 15.9 Å². The van der Waals surface area contributed by atoms with E-state index in [1.54, 1.807) is 12.1 Å². The summed E-state index contributed by atoms with van der Waals surface area (Å²) in [4.78, 5) is 0. The van der Waals surface area contributed by atoms with Gasteiger partial charge in [0.05, 0.1) is 0 Å². The normalized spacial score (nSPS) is 13.6. The van der Waals surface area contributed by atoms with Gasteiger partial charge in [0.2, 0.25) is 0 Å². The van der Waals surface area contributed by atoms with Crippen molar-refractivity contribution in [2.45, 2.75) is 38.4 Å². The lowest BCUT2D eigenvalue weighted by atomic mass is 10.0. The van der Waals surface area contributed by atoms with Gasteiger partial charge in [-0.3, -0.25) is 0 Å². The summed E-state index contributed by atoms with van der Waals surface area (Å²) >= 11 is 3.23. The van der Waals surface area contributed by atoms with Gasteiger partial charge >= 0.3 is 6.18 Å². The van der Waals surface area contributed by atoms with Gasteiger partial charge in [0.25, 0.3) is 0 Å². The maximum atomic E-state index is 13.6. The number of hydrogen-bond donors (Lipinski definition) is 1. The SMILES string of the molecule is CCNC(CCC(F)(F)F)Cc1cc(Br)ccc1F. The van der Waals surface area contributed by atoms with Crippen LogP contribution in [0, 0.1) is 5.82 Å². The Balaban J connectivity index is 2.69. The minimum absolute atomic E-state index is 0.0523. The predicted octanol–water partition coefficient (Wildman–Crippen LogP) is 4.45. The Bertz CT molecular complexity index is 406. The molecule has 1 aromatic rings. The highest BCUT2D eigenvalue weighted by atomic mass is 79.9. The van der Waals surface area contributed by atoms with Gasteiger partial charge in [0.1, 0.15) is 5.82 Å². The molecule has 0 fully saturated rings. The second-order valence-electron chi connectivity index (χ2n) is 4.35. The Hall–Kier alpha value is -0.620. The highest BCUT2D eigenvalue weighted by Crippen LogP contribution is 2.24. The van der Waals surface area contributed by atoms with Crippen molar-refractivity contribution in [1.29, 1.82) is 0 Å². The molecule has 1 rings (SSSR count). The minimum atomic E-state index is -4.18. The lowest BCUT2D eigenvalue weighted by Crippen LogP contribution is -2.32. The zero-order valence-electron chi connectivity index (χ0n) is 10.5. The third kappa shape index (κ3) is 6.38. The molecule has 0 aromatic heterocycles. The van der Waals surface area contributed by atoms with Crippen molar-refractivity contribution < 1.29 is 17.6 Å². The number of alkyl halides is 3. The Morgan fingerprint density at radius 1 is 1.32 bits per heavy atom. The first kappa shape index (κ1) is 16.4. The number of hydrogen-bond acceptors (Lipinski definition) is 1. The summed E-state index contributed by atoms with van der Waals surface area (Å²) in [5.74, 6) is -0.391. The van der Waals surface area contributed by atoms with Crippen molar-refractivity contribution in [3.8, 4) is 0 Å². The standard InChI is InChI=1S/C13H16BrF4N/c1-2-19-11(5-6-13(16,17)18)8-9-7-10(14)3-4-12(9)15/h3-4,7,11,19H,2,5-6,8H2,1H3. The van der Waals surface area contributed by atoms with Gasteiger partial charge in [0.15, 0.2) is 0 Å². The van der Waals surface area contributed by atoms with Crippen LogP contribution in [0.5, 0.6) is 0 Å². The van der Waals surface area contributed by atoms with Gasteiger partial charge in [-0.2, -0.15) is 13.2 Å². The molecule has 0 aliphatic carbocycles. The second kappa shape index (κ2) is 7.24. The van der Waals surface area contributed by atoms with Crippen molar-refractivity contribution in [2.24, 2.45) is 0 Å². The van der Waals surface area contributed by atoms with Gasteiger partial charge in [-0.25, -0.2) is 4.39 Å². The molecule has 0 saturated carbocycles. The molecular weight excluding hydrogens is 326 g/mol. The van der Waals surface area contributed by atoms with Crippen LogP contribution in [-0.2, 0) is 6.42 Å². The van der Waals surface area contributed by atoms with E-state index < -0.39 is 18.4 Å². The van der Waals surface area contributed by atoms with E-state index in [0.29, 0.717) is 12.1 Å². The van der Waals surface area contributed by atoms with E-state index in [4.69, 9.17) is 0 Å². The lowest BCUT2D eigenvalue weighted by molar-refractivity contribution is -0.136. The molecule has 0 bridgehead atoms. The number of nitrogens with one attached hydrogen (secondary N) is 1. The molecule has 1 nitrogen and oxygen atoms in total. The Kier molecular flexibility index (Phi) is 6.26. The highest BCUT2D eigenvalue weighted by molar-refractivity contribution is 9.10. The minimum Gasteiger partial charge on any atom is -0.314 e. The molecule has 0 radical (unpaired) electrons. The first-order chi connectivity index (χ1) is 8.81. The largest absolute Gasteiger partial charge is 0.389 e. The highest BCUT2D eigenvalue weighted by Gasteiger charge is 2.28. The van der Waals surface area contributed by atoms with E-state index in [1.165, 1.54) is 6.07 Å². The van der Waals surface area contributed by atoms with Crippen LogP contribution in [0.25, 0.3) is 0 Å². The van der Waals surface area contributed by atoms with Gasteiger partial charge in [-0.05, 0) is 43.1 Å². The number of likely N-dealkylation sites (N-methyl/N-ethyl adjacent to an activating group) is 1. The fourth-order valence-corrected chi connectivity index (χ4v) is 2.28. The molecule has 1 N–H and O–H groups in total. The molecule has 0 aliphatic rings. The molecule has 1 unspecified atom stereocenters. The first-order valence-electron chi connectivity index (χ1n) is 6.06. The van der Waals surface area contributed by atoms with E-state index in [0.717, 1.165) is 4.47 Å². The zero-order valence-corrected chi connectivity index (χ0v) is 12.1. The van der Waals surface area contributed by atoms with Crippen molar-refractivity contribution in [2.75, 3.05) is 6.54 Å². The summed E-state index contributed by atoms with van der Waals surface area (Å²) < 4.78 is 51.0. The van der Waals surface area contributed by atoms with Crippen LogP contribution in [0.3, 0.4) is 0 Å². The van der Waals surface area contributed by atoms with Crippen molar-refractivity contribution in [3.63, 3.8) is 0 Å². The zero-order chi connectivity index (χ0) is 14.5. The fraction of sp³-hybridized carbons (Fsp3) is 0.538. The maximum absolute atomic E-state index is 13.6. The predicted molar refractivity (Wildman–Crippen MR) is 70.6 cm³/mol. The summed E-state index contributed by atoms with van der Waals surface area (Å²) in [6.07, 6.45) is -4.84. The van der Waals surface area contributed by atoms with E-state index in [9.17, 15) is 17.6 Å². The van der Waals surface area contributed by atoms with E-state index in [-0.39, 0.29) is 18.9 Å². The van der Waals surface area contributed by atoms with Gasteiger partial charge in [0, 0.05) is 16.9 Å². The van der Waals surface area contributed by atoms with Crippen molar-refractivity contribution in [3.05, 3.63) is 34.1 Å². The molecule has 0 heterocycles. The lowest BCUT2D eigenvalue weighted by Gasteiger charge is -2.19. The van der Waals surface area contributed by atoms with Gasteiger partial charge in [-0.15, -0.1) is 0 Å². The number of halogens is 5. The molecule has 19 heavy (non-hydrogen) atoms. The average Bonchev–Trinajstić information content (AvgIpc) is 2.30. The quantitative estimate of drug-likeness (QED) is 0.753. The Morgan fingerprint density at radius 3 is 2.58 bits per heavy atom. The number of benzene rings is 1. The fourth-order valence-electron chi connectivity index (χ4n) is 1.87. The molecule has 0 saturated heterocycles. The molecule has 0 amide bonds. The van der Waals surface area contributed by atoms with Crippen LogP contribution < -0.4 is 5.32 Å². The smallest absolute Gasteiger partial charge is 0.314 e. The van der Waals surface area contributed by atoms with E-state index in [1.807, 2.05) is 6.92 Å². The van der Waals surface area contributed by atoms with Crippen LogP contribution in [0.4, 0.5) is 17.6 Å². The Labute approximate surface area is 118 Å². The summed E-state index contributed by atoms with van der Waals surface area (Å²) in [7, 11) is 0. The molecule has 1 aromatic carbocycles.